The highest BCUT2D eigenvalue weighted by Crippen LogP contribution is 2.28. The normalized spacial score (nSPS) is 15.0. The van der Waals surface area contributed by atoms with Gasteiger partial charge in [0, 0.05) is 21.9 Å². The van der Waals surface area contributed by atoms with Crippen LogP contribution in [0.5, 0.6) is 0 Å². The maximum atomic E-state index is 14.4. The molecule has 0 N–H and O–H groups in total. The standard InChI is InChI=1S/C19H17ClFN3/c1-4-14(20)9-17-12(2)24-13(3)22-10-15(24)11-23-19(17)16-7-5-6-8-18(16)21/h4-10H,1,11H2,2-3H3/b14-9+. The number of rotatable bonds is 3. The molecule has 0 fully saturated rings. The van der Waals surface area contributed by atoms with Gasteiger partial charge in [-0.15, -0.1) is 0 Å². The van der Waals surface area contributed by atoms with Gasteiger partial charge in [-0.2, -0.15) is 0 Å². The molecule has 1 aliphatic heterocycles. The second kappa shape index (κ2) is 6.57. The van der Waals surface area contributed by atoms with Crippen molar-refractivity contribution in [3.8, 4) is 0 Å². The molecular formula is C19H17ClFN3. The molecule has 24 heavy (non-hydrogen) atoms. The quantitative estimate of drug-likeness (QED) is 0.732. The number of benzene rings is 1. The Labute approximate surface area is 145 Å². The second-order valence-corrected chi connectivity index (χ2v) is 5.95. The molecule has 0 spiro atoms. The Balaban J connectivity index is 2.29. The molecule has 0 bridgehead atoms. The molecule has 5 heteroatoms. The summed E-state index contributed by atoms with van der Waals surface area (Å²) < 4.78 is 16.4. The lowest BCUT2D eigenvalue weighted by Gasteiger charge is -2.13. The Bertz CT molecular complexity index is 903. The summed E-state index contributed by atoms with van der Waals surface area (Å²) in [6.07, 6.45) is 5.11. The number of hydrogen-bond acceptors (Lipinski definition) is 2. The minimum Gasteiger partial charge on any atom is -0.302 e. The number of halogens is 2. The van der Waals surface area contributed by atoms with E-state index < -0.39 is 0 Å². The van der Waals surface area contributed by atoms with E-state index in [1.54, 1.807) is 36.5 Å². The van der Waals surface area contributed by atoms with Gasteiger partial charge in [0.25, 0.3) is 0 Å². The third-order valence-electron chi connectivity index (χ3n) is 4.00. The number of hydrogen-bond donors (Lipinski definition) is 0. The predicted molar refractivity (Wildman–Crippen MR) is 96.6 cm³/mol. The van der Waals surface area contributed by atoms with E-state index in [0.717, 1.165) is 22.8 Å². The van der Waals surface area contributed by atoms with Gasteiger partial charge in [-0.1, -0.05) is 36.4 Å². The van der Waals surface area contributed by atoms with E-state index in [9.17, 15) is 4.39 Å². The Morgan fingerprint density at radius 1 is 1.33 bits per heavy atom. The summed E-state index contributed by atoms with van der Waals surface area (Å²) >= 11 is 6.19. The van der Waals surface area contributed by atoms with Gasteiger partial charge in [0.2, 0.25) is 0 Å². The van der Waals surface area contributed by atoms with Crippen LogP contribution < -0.4 is 0 Å². The van der Waals surface area contributed by atoms with E-state index >= 15 is 0 Å². The molecule has 0 radical (unpaired) electrons. The topological polar surface area (TPSA) is 30.2 Å². The average molecular weight is 342 g/mol. The lowest BCUT2D eigenvalue weighted by Crippen LogP contribution is -2.09. The van der Waals surface area contributed by atoms with Crippen LogP contribution in [0.1, 0.15) is 24.0 Å². The number of aromatic nitrogens is 2. The van der Waals surface area contributed by atoms with Crippen molar-refractivity contribution in [2.24, 2.45) is 4.99 Å². The van der Waals surface area contributed by atoms with Crippen LogP contribution in [0, 0.1) is 12.7 Å². The molecule has 1 aliphatic rings. The molecule has 3 nitrogen and oxygen atoms in total. The van der Waals surface area contributed by atoms with Gasteiger partial charge in [0.15, 0.2) is 0 Å². The lowest BCUT2D eigenvalue weighted by molar-refractivity contribution is 0.625. The van der Waals surface area contributed by atoms with Crippen molar-refractivity contribution in [1.29, 1.82) is 0 Å². The Morgan fingerprint density at radius 2 is 2.08 bits per heavy atom. The van der Waals surface area contributed by atoms with Gasteiger partial charge in [-0.05, 0) is 32.1 Å². The van der Waals surface area contributed by atoms with Gasteiger partial charge >= 0.3 is 0 Å². The smallest absolute Gasteiger partial charge is 0.132 e. The second-order valence-electron chi connectivity index (χ2n) is 5.51. The SMILES string of the molecule is C=C/C(Cl)=C\C1=C(C)n2c(cnc2C)CN=C1c1ccccc1F. The van der Waals surface area contributed by atoms with Gasteiger partial charge in [-0.3, -0.25) is 4.99 Å². The molecule has 3 rings (SSSR count). The van der Waals surface area contributed by atoms with E-state index in [1.807, 2.05) is 18.4 Å². The van der Waals surface area contributed by atoms with Crippen molar-refractivity contribution in [2.45, 2.75) is 20.4 Å². The minimum absolute atomic E-state index is 0.314. The first kappa shape index (κ1) is 16.4. The van der Waals surface area contributed by atoms with Gasteiger partial charge < -0.3 is 4.57 Å². The first-order valence-corrected chi connectivity index (χ1v) is 7.94. The molecule has 2 heterocycles. The van der Waals surface area contributed by atoms with Crippen molar-refractivity contribution in [3.63, 3.8) is 0 Å². The van der Waals surface area contributed by atoms with Crippen LogP contribution in [-0.2, 0) is 6.54 Å². The molecular weight excluding hydrogens is 325 g/mol. The lowest BCUT2D eigenvalue weighted by atomic mass is 9.99. The maximum absolute atomic E-state index is 14.4. The van der Waals surface area contributed by atoms with Crippen LogP contribution in [0.25, 0.3) is 5.70 Å². The van der Waals surface area contributed by atoms with Crippen molar-refractivity contribution in [3.05, 3.63) is 82.7 Å². The Morgan fingerprint density at radius 3 is 2.79 bits per heavy atom. The molecule has 0 saturated carbocycles. The van der Waals surface area contributed by atoms with Gasteiger partial charge in [0.1, 0.15) is 11.6 Å². The zero-order valence-corrected chi connectivity index (χ0v) is 14.3. The van der Waals surface area contributed by atoms with E-state index in [4.69, 9.17) is 11.6 Å². The fourth-order valence-electron chi connectivity index (χ4n) is 2.85. The van der Waals surface area contributed by atoms with Crippen LogP contribution in [0.4, 0.5) is 4.39 Å². The van der Waals surface area contributed by atoms with Crippen LogP contribution in [0.3, 0.4) is 0 Å². The van der Waals surface area contributed by atoms with Crippen molar-refractivity contribution in [2.75, 3.05) is 0 Å². The van der Waals surface area contributed by atoms with E-state index in [1.165, 1.54) is 6.07 Å². The maximum Gasteiger partial charge on any atom is 0.132 e. The number of aliphatic imine (C=N–C) groups is 1. The number of aryl methyl sites for hydroxylation is 1. The fraction of sp³-hybridized carbons (Fsp3) is 0.158. The highest BCUT2D eigenvalue weighted by atomic mass is 35.5. The third-order valence-corrected chi connectivity index (χ3v) is 4.26. The molecule has 0 unspecified atom stereocenters. The highest BCUT2D eigenvalue weighted by Gasteiger charge is 2.21. The van der Waals surface area contributed by atoms with E-state index in [0.29, 0.717) is 22.9 Å². The zero-order chi connectivity index (χ0) is 17.3. The van der Waals surface area contributed by atoms with Crippen LogP contribution in [-0.4, -0.2) is 15.3 Å². The number of fused-ring (bicyclic) bond motifs is 1. The fourth-order valence-corrected chi connectivity index (χ4v) is 2.96. The summed E-state index contributed by atoms with van der Waals surface area (Å²) in [5.41, 5.74) is 3.64. The summed E-state index contributed by atoms with van der Waals surface area (Å²) in [7, 11) is 0. The number of imidazole rings is 1. The Hall–Kier alpha value is -2.46. The zero-order valence-electron chi connectivity index (χ0n) is 13.6. The van der Waals surface area contributed by atoms with Crippen molar-refractivity contribution < 1.29 is 4.39 Å². The molecule has 1 aromatic carbocycles. The molecule has 0 amide bonds. The highest BCUT2D eigenvalue weighted by molar-refractivity contribution is 6.32. The predicted octanol–water partition coefficient (Wildman–Crippen LogP) is 4.87. The molecule has 1 aromatic heterocycles. The molecule has 122 valence electrons. The van der Waals surface area contributed by atoms with E-state index in [2.05, 4.69) is 16.6 Å². The first-order chi connectivity index (χ1) is 11.5. The van der Waals surface area contributed by atoms with Crippen LogP contribution in [0.2, 0.25) is 0 Å². The minimum atomic E-state index is -0.314. The molecule has 0 aliphatic carbocycles. The monoisotopic (exact) mass is 341 g/mol. The number of allylic oxidation sites excluding steroid dienone is 5. The summed E-state index contributed by atoms with van der Waals surface area (Å²) in [5.74, 6) is 0.541. The summed E-state index contributed by atoms with van der Waals surface area (Å²) in [6, 6.07) is 6.62. The van der Waals surface area contributed by atoms with Crippen molar-refractivity contribution >= 4 is 23.0 Å². The number of nitrogens with zero attached hydrogens (tertiary/aromatic N) is 3. The summed E-state index contributed by atoms with van der Waals surface area (Å²) in [6.45, 7) is 7.99. The first-order valence-electron chi connectivity index (χ1n) is 7.56. The molecule has 0 atom stereocenters. The average Bonchev–Trinajstić information content (AvgIpc) is 2.88. The van der Waals surface area contributed by atoms with Gasteiger partial charge in [0.05, 0.1) is 24.1 Å². The van der Waals surface area contributed by atoms with Crippen LogP contribution in [0.15, 0.2) is 64.8 Å². The van der Waals surface area contributed by atoms with E-state index in [-0.39, 0.29) is 5.82 Å². The third kappa shape index (κ3) is 2.85. The van der Waals surface area contributed by atoms with Crippen molar-refractivity contribution in [1.82, 2.24) is 9.55 Å². The summed E-state index contributed by atoms with van der Waals surface area (Å²) in [4.78, 5) is 9.00. The summed E-state index contributed by atoms with van der Waals surface area (Å²) in [5, 5.41) is 0.467. The van der Waals surface area contributed by atoms with Gasteiger partial charge in [-0.25, -0.2) is 9.37 Å². The molecule has 2 aromatic rings. The van der Waals surface area contributed by atoms with Crippen LogP contribution >= 0.6 is 11.6 Å². The largest absolute Gasteiger partial charge is 0.302 e. The Kier molecular flexibility index (Phi) is 4.49. The molecule has 0 saturated heterocycles.